The van der Waals surface area contributed by atoms with Crippen LogP contribution in [0.4, 0.5) is 0 Å². The number of amides is 1. The summed E-state index contributed by atoms with van der Waals surface area (Å²) in [7, 11) is 0. The van der Waals surface area contributed by atoms with Crippen LogP contribution in [0.15, 0.2) is 36.4 Å². The first-order chi connectivity index (χ1) is 11.1. The lowest BCUT2D eigenvalue weighted by Crippen LogP contribution is -2.42. The minimum Gasteiger partial charge on any atom is -0.368 e. The molecule has 1 fully saturated rings. The molecule has 1 aromatic carbocycles. The van der Waals surface area contributed by atoms with E-state index in [-0.39, 0.29) is 18.0 Å². The average molecular weight is 312 g/mol. The monoisotopic (exact) mass is 312 g/mol. The summed E-state index contributed by atoms with van der Waals surface area (Å²) in [6, 6.07) is 11.8. The lowest BCUT2D eigenvalue weighted by Gasteiger charge is -2.31. The third-order valence-corrected chi connectivity index (χ3v) is 4.63. The normalized spacial score (nSPS) is 19.8. The SMILES string of the molecule is Cc1cc(C)n(C[C@H]2CCCN2[C@@H](C(N)=O)c2ccccc2)n1. The Labute approximate surface area is 137 Å². The predicted molar refractivity (Wildman–Crippen MR) is 89.8 cm³/mol. The molecule has 23 heavy (non-hydrogen) atoms. The van der Waals surface area contributed by atoms with Gasteiger partial charge in [-0.2, -0.15) is 5.10 Å². The molecule has 0 spiro atoms. The van der Waals surface area contributed by atoms with Crippen LogP contribution in [0, 0.1) is 13.8 Å². The van der Waals surface area contributed by atoms with E-state index >= 15 is 0 Å². The highest BCUT2D eigenvalue weighted by atomic mass is 16.1. The molecule has 2 atom stereocenters. The summed E-state index contributed by atoms with van der Waals surface area (Å²) >= 11 is 0. The van der Waals surface area contributed by atoms with Crippen LogP contribution in [-0.2, 0) is 11.3 Å². The molecule has 3 rings (SSSR count). The van der Waals surface area contributed by atoms with Crippen LogP contribution in [0.5, 0.6) is 0 Å². The Hall–Kier alpha value is -2.14. The number of nitrogens with two attached hydrogens (primary N) is 1. The number of rotatable bonds is 5. The van der Waals surface area contributed by atoms with Gasteiger partial charge in [0.2, 0.25) is 5.91 Å². The van der Waals surface area contributed by atoms with Crippen molar-refractivity contribution in [2.24, 2.45) is 5.73 Å². The fourth-order valence-corrected chi connectivity index (χ4v) is 3.61. The van der Waals surface area contributed by atoms with Gasteiger partial charge in [-0.25, -0.2) is 0 Å². The van der Waals surface area contributed by atoms with Crippen LogP contribution in [-0.4, -0.2) is 33.2 Å². The zero-order chi connectivity index (χ0) is 16.4. The maximum atomic E-state index is 12.1. The van der Waals surface area contributed by atoms with Crippen LogP contribution < -0.4 is 5.73 Å². The topological polar surface area (TPSA) is 64.2 Å². The number of hydrogen-bond acceptors (Lipinski definition) is 3. The van der Waals surface area contributed by atoms with Gasteiger partial charge < -0.3 is 5.73 Å². The maximum absolute atomic E-state index is 12.1. The summed E-state index contributed by atoms with van der Waals surface area (Å²) in [5.74, 6) is -0.281. The molecule has 122 valence electrons. The summed E-state index contributed by atoms with van der Waals surface area (Å²) in [4.78, 5) is 14.4. The molecule has 1 aromatic heterocycles. The van der Waals surface area contributed by atoms with E-state index in [9.17, 15) is 4.79 Å². The quantitative estimate of drug-likeness (QED) is 0.920. The van der Waals surface area contributed by atoms with Crippen LogP contribution in [0.25, 0.3) is 0 Å². The van der Waals surface area contributed by atoms with Gasteiger partial charge in [0.1, 0.15) is 6.04 Å². The highest BCUT2D eigenvalue weighted by Crippen LogP contribution is 2.30. The van der Waals surface area contributed by atoms with Gasteiger partial charge in [-0.3, -0.25) is 14.4 Å². The fourth-order valence-electron chi connectivity index (χ4n) is 3.61. The Morgan fingerprint density at radius 1 is 1.35 bits per heavy atom. The Morgan fingerprint density at radius 3 is 2.70 bits per heavy atom. The number of hydrogen-bond donors (Lipinski definition) is 1. The predicted octanol–water partition coefficient (Wildman–Crippen LogP) is 2.19. The second-order valence-corrected chi connectivity index (χ2v) is 6.36. The number of nitrogens with zero attached hydrogens (tertiary/aromatic N) is 3. The van der Waals surface area contributed by atoms with E-state index in [4.69, 9.17) is 5.73 Å². The van der Waals surface area contributed by atoms with E-state index < -0.39 is 0 Å². The third kappa shape index (κ3) is 3.29. The van der Waals surface area contributed by atoms with Gasteiger partial charge in [0.25, 0.3) is 0 Å². The highest BCUT2D eigenvalue weighted by Gasteiger charge is 2.35. The van der Waals surface area contributed by atoms with Crippen LogP contribution in [0.3, 0.4) is 0 Å². The standard InChI is InChI=1S/C18H24N4O/c1-13-11-14(2)22(20-13)12-16-9-6-10-21(16)17(18(19)23)15-7-4-3-5-8-15/h3-5,7-8,11,16-17H,6,9-10,12H2,1-2H3,(H2,19,23)/t16-,17-/m1/s1. The van der Waals surface area contributed by atoms with Crippen molar-refractivity contribution in [3.63, 3.8) is 0 Å². The van der Waals surface area contributed by atoms with Crippen LogP contribution in [0.1, 0.15) is 35.8 Å². The minimum absolute atomic E-state index is 0.281. The molecule has 2 N–H and O–H groups in total. The first-order valence-electron chi connectivity index (χ1n) is 8.17. The van der Waals surface area contributed by atoms with Gasteiger partial charge in [0, 0.05) is 11.7 Å². The molecule has 1 aliphatic heterocycles. The summed E-state index contributed by atoms with van der Waals surface area (Å²) in [6.07, 6.45) is 2.15. The number of carbonyl (C=O) groups is 1. The fraction of sp³-hybridized carbons (Fsp3) is 0.444. The number of aryl methyl sites for hydroxylation is 2. The van der Waals surface area contributed by atoms with Gasteiger partial charge >= 0.3 is 0 Å². The molecule has 0 unspecified atom stereocenters. The molecule has 0 radical (unpaired) electrons. The first-order valence-corrected chi connectivity index (χ1v) is 8.17. The Bertz CT molecular complexity index is 680. The van der Waals surface area contributed by atoms with Crippen molar-refractivity contribution in [2.75, 3.05) is 6.54 Å². The number of likely N-dealkylation sites (tertiary alicyclic amines) is 1. The zero-order valence-corrected chi connectivity index (χ0v) is 13.8. The third-order valence-electron chi connectivity index (χ3n) is 4.63. The van der Waals surface area contributed by atoms with E-state index in [0.29, 0.717) is 0 Å². The molecule has 1 amide bonds. The number of benzene rings is 1. The van der Waals surface area contributed by atoms with Gasteiger partial charge in [0.05, 0.1) is 12.2 Å². The second kappa shape index (κ2) is 6.54. The maximum Gasteiger partial charge on any atom is 0.239 e. The minimum atomic E-state index is -0.360. The Kier molecular flexibility index (Phi) is 4.48. The molecule has 0 bridgehead atoms. The van der Waals surface area contributed by atoms with E-state index in [2.05, 4.69) is 23.0 Å². The van der Waals surface area contributed by atoms with Crippen molar-refractivity contribution in [2.45, 2.75) is 45.3 Å². The lowest BCUT2D eigenvalue weighted by molar-refractivity contribution is -0.124. The molecule has 2 heterocycles. The molecule has 2 aromatic rings. The lowest BCUT2D eigenvalue weighted by atomic mass is 10.0. The van der Waals surface area contributed by atoms with Crippen molar-refractivity contribution in [3.05, 3.63) is 53.3 Å². The van der Waals surface area contributed by atoms with Crippen molar-refractivity contribution in [3.8, 4) is 0 Å². The van der Waals surface area contributed by atoms with Crippen molar-refractivity contribution in [1.29, 1.82) is 0 Å². The first kappa shape index (κ1) is 15.7. The molecule has 0 aliphatic carbocycles. The van der Waals surface area contributed by atoms with Crippen molar-refractivity contribution < 1.29 is 4.79 Å². The molecule has 5 heteroatoms. The molecule has 5 nitrogen and oxygen atoms in total. The molecular formula is C18H24N4O. The van der Waals surface area contributed by atoms with E-state index in [1.165, 1.54) is 0 Å². The number of primary amides is 1. The van der Waals surface area contributed by atoms with E-state index in [1.54, 1.807) is 0 Å². The Balaban J connectivity index is 1.84. The van der Waals surface area contributed by atoms with Crippen LogP contribution >= 0.6 is 0 Å². The Morgan fingerprint density at radius 2 is 2.09 bits per heavy atom. The summed E-state index contributed by atoms with van der Waals surface area (Å²) in [5.41, 5.74) is 8.89. The van der Waals surface area contributed by atoms with Crippen molar-refractivity contribution in [1.82, 2.24) is 14.7 Å². The second-order valence-electron chi connectivity index (χ2n) is 6.36. The van der Waals surface area contributed by atoms with Gasteiger partial charge in [0.15, 0.2) is 0 Å². The molecule has 1 saturated heterocycles. The van der Waals surface area contributed by atoms with Crippen LogP contribution in [0.2, 0.25) is 0 Å². The number of aromatic nitrogens is 2. The largest absolute Gasteiger partial charge is 0.368 e. The van der Waals surface area contributed by atoms with Gasteiger partial charge in [-0.05, 0) is 44.9 Å². The number of carbonyl (C=O) groups excluding carboxylic acids is 1. The van der Waals surface area contributed by atoms with Crippen molar-refractivity contribution >= 4 is 5.91 Å². The van der Waals surface area contributed by atoms with Gasteiger partial charge in [-0.15, -0.1) is 0 Å². The highest BCUT2D eigenvalue weighted by molar-refractivity contribution is 5.81. The smallest absolute Gasteiger partial charge is 0.239 e. The average Bonchev–Trinajstić information content (AvgIpc) is 3.08. The molecule has 1 aliphatic rings. The zero-order valence-electron chi connectivity index (χ0n) is 13.8. The summed E-state index contributed by atoms with van der Waals surface area (Å²) in [5, 5.41) is 4.56. The summed E-state index contributed by atoms with van der Waals surface area (Å²) < 4.78 is 2.04. The molecule has 0 saturated carbocycles. The van der Waals surface area contributed by atoms with E-state index in [0.717, 1.165) is 42.9 Å². The summed E-state index contributed by atoms with van der Waals surface area (Å²) in [6.45, 7) is 5.77. The van der Waals surface area contributed by atoms with Gasteiger partial charge in [-0.1, -0.05) is 30.3 Å². The molecular weight excluding hydrogens is 288 g/mol. The van der Waals surface area contributed by atoms with E-state index in [1.807, 2.05) is 41.9 Å².